The van der Waals surface area contributed by atoms with Gasteiger partial charge in [-0.15, -0.1) is 0 Å². The molecular weight excluding hydrogens is 304 g/mol. The van der Waals surface area contributed by atoms with Gasteiger partial charge in [-0.1, -0.05) is 42.0 Å². The first kappa shape index (κ1) is 15.7. The molecule has 0 N–H and O–H groups in total. The lowest BCUT2D eigenvalue weighted by molar-refractivity contribution is -0.132. The molecule has 2 aromatic carbocycles. The van der Waals surface area contributed by atoms with E-state index < -0.39 is 0 Å². The zero-order valence-corrected chi connectivity index (χ0v) is 13.4. The van der Waals surface area contributed by atoms with Crippen LogP contribution >= 0.6 is 0 Å². The molecule has 0 unspecified atom stereocenters. The first-order valence-electron chi connectivity index (χ1n) is 7.52. The van der Waals surface area contributed by atoms with Crippen LogP contribution < -0.4 is 4.74 Å². The quantitative estimate of drug-likeness (QED) is 0.489. The Balaban J connectivity index is 1.83. The summed E-state index contributed by atoms with van der Waals surface area (Å²) in [5.41, 5.74) is 3.31. The first-order valence-corrected chi connectivity index (χ1v) is 7.52. The molecule has 4 heteroatoms. The number of aryl methyl sites for hydroxylation is 1. The summed E-state index contributed by atoms with van der Waals surface area (Å²) < 4.78 is 10.3. The van der Waals surface area contributed by atoms with Crippen molar-refractivity contribution in [3.05, 3.63) is 76.9 Å². The van der Waals surface area contributed by atoms with Gasteiger partial charge in [-0.3, -0.25) is 4.79 Å². The smallest absolute Gasteiger partial charge is 0.343 e. The van der Waals surface area contributed by atoms with Crippen LogP contribution in [-0.4, -0.2) is 11.9 Å². The lowest BCUT2D eigenvalue weighted by Crippen LogP contribution is -2.01. The van der Waals surface area contributed by atoms with Crippen molar-refractivity contribution in [3.8, 4) is 5.75 Å². The number of carbonyl (C=O) groups excluding carboxylic acids is 2. The summed E-state index contributed by atoms with van der Waals surface area (Å²) in [6, 6.07) is 14.7. The molecule has 0 saturated carbocycles. The van der Waals surface area contributed by atoms with Gasteiger partial charge in [0.05, 0.1) is 5.57 Å². The van der Waals surface area contributed by atoms with Crippen molar-refractivity contribution in [2.24, 2.45) is 0 Å². The van der Waals surface area contributed by atoms with Crippen LogP contribution in [0.1, 0.15) is 23.6 Å². The van der Waals surface area contributed by atoms with E-state index in [9.17, 15) is 9.59 Å². The van der Waals surface area contributed by atoms with E-state index in [2.05, 4.69) is 0 Å². The highest BCUT2D eigenvalue weighted by molar-refractivity contribution is 6.05. The van der Waals surface area contributed by atoms with Crippen molar-refractivity contribution in [3.63, 3.8) is 0 Å². The van der Waals surface area contributed by atoms with E-state index >= 15 is 0 Å². The summed E-state index contributed by atoms with van der Waals surface area (Å²) in [6.07, 6.45) is 3.47. The predicted molar refractivity (Wildman–Crippen MR) is 91.0 cm³/mol. The van der Waals surface area contributed by atoms with Crippen LogP contribution in [0, 0.1) is 6.92 Å². The Bertz CT molecular complexity index is 840. The number of hydrogen-bond donors (Lipinski definition) is 0. The topological polar surface area (TPSA) is 52.6 Å². The predicted octanol–water partition coefficient (Wildman–Crippen LogP) is 3.90. The maximum absolute atomic E-state index is 12.0. The normalized spacial score (nSPS) is 15.2. The van der Waals surface area contributed by atoms with Crippen LogP contribution in [-0.2, 0) is 14.3 Å². The van der Waals surface area contributed by atoms with Crippen LogP contribution in [0.5, 0.6) is 5.75 Å². The molecule has 1 heterocycles. The van der Waals surface area contributed by atoms with Gasteiger partial charge >= 0.3 is 11.9 Å². The van der Waals surface area contributed by atoms with Gasteiger partial charge in [0.25, 0.3) is 0 Å². The maximum Gasteiger partial charge on any atom is 0.343 e. The number of rotatable bonds is 3. The van der Waals surface area contributed by atoms with E-state index in [1.807, 2.05) is 31.2 Å². The Morgan fingerprint density at radius 1 is 1.04 bits per heavy atom. The minimum atomic E-state index is -0.380. The molecule has 120 valence electrons. The van der Waals surface area contributed by atoms with E-state index in [0.29, 0.717) is 17.1 Å². The summed E-state index contributed by atoms with van der Waals surface area (Å²) in [5.74, 6) is 0.262. The molecule has 0 spiro atoms. The molecule has 24 heavy (non-hydrogen) atoms. The van der Waals surface area contributed by atoms with Gasteiger partial charge in [-0.25, -0.2) is 4.79 Å². The number of carbonyl (C=O) groups is 2. The van der Waals surface area contributed by atoms with E-state index in [1.54, 1.807) is 36.4 Å². The number of ether oxygens (including phenoxy) is 2. The fourth-order valence-corrected chi connectivity index (χ4v) is 2.33. The summed E-state index contributed by atoms with van der Waals surface area (Å²) in [5, 5.41) is 0. The zero-order valence-electron chi connectivity index (χ0n) is 13.4. The van der Waals surface area contributed by atoms with Crippen molar-refractivity contribution in [2.75, 3.05) is 0 Å². The Labute approximate surface area is 140 Å². The highest BCUT2D eigenvalue weighted by Gasteiger charge is 2.21. The molecule has 0 radical (unpaired) electrons. The highest BCUT2D eigenvalue weighted by Crippen LogP contribution is 2.27. The molecule has 0 aromatic heterocycles. The molecule has 0 atom stereocenters. The van der Waals surface area contributed by atoms with Crippen LogP contribution in [0.3, 0.4) is 0 Å². The third kappa shape index (κ3) is 3.60. The van der Waals surface area contributed by atoms with Gasteiger partial charge in [-0.2, -0.15) is 0 Å². The van der Waals surface area contributed by atoms with Gasteiger partial charge < -0.3 is 9.47 Å². The summed E-state index contributed by atoms with van der Waals surface area (Å²) in [7, 11) is 0. The van der Waals surface area contributed by atoms with Gasteiger partial charge in [-0.05, 0) is 36.8 Å². The minimum absolute atomic E-state index is 0.369. The summed E-state index contributed by atoms with van der Waals surface area (Å²) in [6.45, 7) is 3.35. The van der Waals surface area contributed by atoms with Crippen molar-refractivity contribution < 1.29 is 19.1 Å². The lowest BCUT2D eigenvalue weighted by atomic mass is 10.1. The summed E-state index contributed by atoms with van der Waals surface area (Å²) >= 11 is 0. The first-order chi connectivity index (χ1) is 11.5. The zero-order chi connectivity index (χ0) is 17.1. The van der Waals surface area contributed by atoms with Crippen LogP contribution in [0.2, 0.25) is 0 Å². The van der Waals surface area contributed by atoms with Crippen molar-refractivity contribution >= 4 is 23.8 Å². The molecule has 1 aliphatic heterocycles. The van der Waals surface area contributed by atoms with Crippen molar-refractivity contribution in [1.82, 2.24) is 0 Å². The average molecular weight is 320 g/mol. The van der Waals surface area contributed by atoms with Crippen molar-refractivity contribution in [2.45, 2.75) is 13.8 Å². The van der Waals surface area contributed by atoms with Gasteiger partial charge in [0, 0.05) is 12.5 Å². The molecule has 4 nitrogen and oxygen atoms in total. The molecule has 0 bridgehead atoms. The number of cyclic esters (lactones) is 1. The second-order valence-electron chi connectivity index (χ2n) is 5.53. The minimum Gasteiger partial charge on any atom is -0.427 e. The van der Waals surface area contributed by atoms with E-state index in [-0.39, 0.29) is 11.9 Å². The van der Waals surface area contributed by atoms with Crippen molar-refractivity contribution in [1.29, 1.82) is 0 Å². The highest BCUT2D eigenvalue weighted by atomic mass is 16.5. The molecule has 2 aromatic rings. The fourth-order valence-electron chi connectivity index (χ4n) is 2.33. The standard InChI is InChI=1S/C20H16O4/c1-13-3-7-16(8-4-13)19-12-17(20(22)24-19)11-15-5-9-18(10-6-15)23-14(2)21/h3-12H,1-2H3. The second-order valence-corrected chi connectivity index (χ2v) is 5.53. The van der Waals surface area contributed by atoms with Crippen LogP contribution in [0.15, 0.2) is 60.2 Å². The average Bonchev–Trinajstić information content (AvgIpc) is 2.90. The Hall–Kier alpha value is -3.14. The Morgan fingerprint density at radius 3 is 2.33 bits per heavy atom. The third-order valence-electron chi connectivity index (χ3n) is 3.52. The third-order valence-corrected chi connectivity index (χ3v) is 3.52. The molecular formula is C20H16O4. The SMILES string of the molecule is CC(=O)Oc1ccc(C=C2C=C(c3ccc(C)cc3)OC2=O)cc1. The van der Waals surface area contributed by atoms with Gasteiger partial charge in [0.1, 0.15) is 11.5 Å². The van der Waals surface area contributed by atoms with Gasteiger partial charge in [0.2, 0.25) is 0 Å². The monoisotopic (exact) mass is 320 g/mol. The fraction of sp³-hybridized carbons (Fsp3) is 0.100. The van der Waals surface area contributed by atoms with E-state index in [1.165, 1.54) is 6.92 Å². The number of benzene rings is 2. The summed E-state index contributed by atoms with van der Waals surface area (Å²) in [4.78, 5) is 22.9. The molecule has 1 aliphatic rings. The van der Waals surface area contributed by atoms with Crippen LogP contribution in [0.4, 0.5) is 0 Å². The van der Waals surface area contributed by atoms with Crippen LogP contribution in [0.25, 0.3) is 11.8 Å². The molecule has 0 aliphatic carbocycles. The van der Waals surface area contributed by atoms with E-state index in [0.717, 1.165) is 16.7 Å². The second kappa shape index (κ2) is 6.54. The number of hydrogen-bond acceptors (Lipinski definition) is 4. The van der Waals surface area contributed by atoms with Gasteiger partial charge in [0.15, 0.2) is 0 Å². The molecule has 0 saturated heterocycles. The number of esters is 2. The molecule has 3 rings (SSSR count). The Morgan fingerprint density at radius 2 is 1.71 bits per heavy atom. The maximum atomic E-state index is 12.0. The molecule has 0 fully saturated rings. The molecule has 0 amide bonds. The van der Waals surface area contributed by atoms with E-state index in [4.69, 9.17) is 9.47 Å². The largest absolute Gasteiger partial charge is 0.427 e. The Kier molecular flexibility index (Phi) is 4.29. The lowest BCUT2D eigenvalue weighted by Gasteiger charge is -2.02.